The summed E-state index contributed by atoms with van der Waals surface area (Å²) in [5.74, 6) is 1.25. The van der Waals surface area contributed by atoms with Crippen LogP contribution in [0.5, 0.6) is 0 Å². The first kappa shape index (κ1) is 15.5. The average Bonchev–Trinajstić information content (AvgIpc) is 3.38. The molecule has 0 fully saturated rings. The average molecular weight is 354 g/mol. The maximum absolute atomic E-state index is 12.6. The maximum Gasteiger partial charge on any atom is 0.287 e. The van der Waals surface area contributed by atoms with E-state index >= 15 is 0 Å². The van der Waals surface area contributed by atoms with Crippen LogP contribution in [-0.4, -0.2) is 21.1 Å². The van der Waals surface area contributed by atoms with Crippen molar-refractivity contribution in [2.45, 2.75) is 17.5 Å². The smallest absolute Gasteiger partial charge is 0.287 e. The molecule has 0 unspecified atom stereocenters. The number of nitrogens with one attached hydrogen (secondary N) is 2. The van der Waals surface area contributed by atoms with E-state index in [9.17, 15) is 4.79 Å². The van der Waals surface area contributed by atoms with Crippen molar-refractivity contribution in [3.05, 3.63) is 66.1 Å². The van der Waals surface area contributed by atoms with Crippen molar-refractivity contribution in [3.8, 4) is 0 Å². The molecule has 0 spiro atoms. The van der Waals surface area contributed by atoms with Gasteiger partial charge < -0.3 is 14.2 Å². The van der Waals surface area contributed by atoms with E-state index in [0.717, 1.165) is 10.9 Å². The Bertz CT molecular complexity index is 977. The fraction of sp³-hybridized carbons (Fsp3) is 0.118. The minimum absolute atomic E-state index is 0.277. The number of H-pyrrole nitrogens is 1. The van der Waals surface area contributed by atoms with Gasteiger partial charge in [0.05, 0.1) is 12.8 Å². The van der Waals surface area contributed by atoms with E-state index in [-0.39, 0.29) is 5.91 Å². The third-order valence-corrected chi connectivity index (χ3v) is 4.56. The number of fused-ring (bicyclic) bond motifs is 1. The molecule has 25 heavy (non-hydrogen) atoms. The van der Waals surface area contributed by atoms with E-state index in [1.807, 2.05) is 24.3 Å². The Balaban J connectivity index is 1.60. The molecule has 3 aromatic heterocycles. The zero-order chi connectivity index (χ0) is 17.1. The summed E-state index contributed by atoms with van der Waals surface area (Å²) in [4.78, 5) is 16.7. The first-order valence-corrected chi connectivity index (χ1v) is 8.59. The van der Waals surface area contributed by atoms with Gasteiger partial charge in [-0.2, -0.15) is 5.10 Å². The van der Waals surface area contributed by atoms with E-state index < -0.39 is 0 Å². The van der Waals surface area contributed by atoms with Crippen molar-refractivity contribution in [1.82, 2.24) is 20.5 Å². The number of thioether (sulfide) groups is 1. The Kier molecular flexibility index (Phi) is 4.26. The lowest BCUT2D eigenvalue weighted by atomic mass is 10.1. The Morgan fingerprint density at radius 3 is 2.96 bits per heavy atom. The van der Waals surface area contributed by atoms with Gasteiger partial charge in [-0.1, -0.05) is 30.0 Å². The standard InChI is InChI=1S/C17H14N4O3S/c22-16(18-8-11-4-3-7-23-11)15-13(9-25-17-19-10-20-21-17)12-5-1-2-6-14(12)24-15/h1-7,10H,8-9H2,(H,18,22)(H,19,20,21). The van der Waals surface area contributed by atoms with Crippen molar-refractivity contribution in [2.75, 3.05) is 0 Å². The molecule has 7 nitrogen and oxygen atoms in total. The molecule has 126 valence electrons. The lowest BCUT2D eigenvalue weighted by Crippen LogP contribution is -2.23. The van der Waals surface area contributed by atoms with Crippen LogP contribution in [0.25, 0.3) is 11.0 Å². The number of carbonyl (C=O) groups excluding carboxylic acids is 1. The second-order valence-electron chi connectivity index (χ2n) is 5.25. The van der Waals surface area contributed by atoms with Crippen LogP contribution in [0, 0.1) is 0 Å². The second-order valence-corrected chi connectivity index (χ2v) is 6.21. The predicted octanol–water partition coefficient (Wildman–Crippen LogP) is 3.37. The monoisotopic (exact) mass is 354 g/mol. The SMILES string of the molecule is O=C(NCc1ccco1)c1oc2ccccc2c1CSc1ncn[nH]1. The number of carbonyl (C=O) groups is 1. The molecule has 0 aliphatic rings. The number of hydrogen-bond acceptors (Lipinski definition) is 6. The van der Waals surface area contributed by atoms with Gasteiger partial charge >= 0.3 is 0 Å². The maximum atomic E-state index is 12.6. The van der Waals surface area contributed by atoms with Gasteiger partial charge in [0, 0.05) is 16.7 Å². The molecule has 0 aliphatic carbocycles. The summed E-state index contributed by atoms with van der Waals surface area (Å²) in [7, 11) is 0. The summed E-state index contributed by atoms with van der Waals surface area (Å²) < 4.78 is 11.0. The molecule has 0 radical (unpaired) electrons. The van der Waals surface area contributed by atoms with E-state index in [2.05, 4.69) is 20.5 Å². The Morgan fingerprint density at radius 1 is 1.24 bits per heavy atom. The molecule has 0 atom stereocenters. The highest BCUT2D eigenvalue weighted by molar-refractivity contribution is 7.98. The van der Waals surface area contributed by atoms with Crippen molar-refractivity contribution >= 4 is 28.6 Å². The number of amides is 1. The number of aromatic amines is 1. The second kappa shape index (κ2) is 6.86. The zero-order valence-electron chi connectivity index (χ0n) is 13.1. The fourth-order valence-electron chi connectivity index (χ4n) is 2.49. The third-order valence-electron chi connectivity index (χ3n) is 3.65. The third kappa shape index (κ3) is 3.29. The molecule has 0 saturated heterocycles. The van der Waals surface area contributed by atoms with Crippen molar-refractivity contribution < 1.29 is 13.6 Å². The van der Waals surface area contributed by atoms with E-state index in [0.29, 0.717) is 34.6 Å². The van der Waals surface area contributed by atoms with E-state index in [1.54, 1.807) is 18.4 Å². The largest absolute Gasteiger partial charge is 0.467 e. The topological polar surface area (TPSA) is 97.0 Å². The highest BCUT2D eigenvalue weighted by Gasteiger charge is 2.21. The molecular weight excluding hydrogens is 340 g/mol. The number of benzene rings is 1. The van der Waals surface area contributed by atoms with Crippen LogP contribution < -0.4 is 5.32 Å². The van der Waals surface area contributed by atoms with Crippen molar-refractivity contribution in [1.29, 1.82) is 0 Å². The van der Waals surface area contributed by atoms with Crippen LogP contribution >= 0.6 is 11.8 Å². The first-order chi connectivity index (χ1) is 12.3. The lowest BCUT2D eigenvalue weighted by Gasteiger charge is -2.03. The highest BCUT2D eigenvalue weighted by Crippen LogP contribution is 2.30. The number of aromatic nitrogens is 3. The fourth-order valence-corrected chi connectivity index (χ4v) is 3.30. The van der Waals surface area contributed by atoms with Gasteiger partial charge in [-0.05, 0) is 18.2 Å². The first-order valence-electron chi connectivity index (χ1n) is 7.60. The van der Waals surface area contributed by atoms with Crippen LogP contribution in [0.2, 0.25) is 0 Å². The van der Waals surface area contributed by atoms with Gasteiger partial charge in [0.25, 0.3) is 5.91 Å². The van der Waals surface area contributed by atoms with Crippen LogP contribution in [-0.2, 0) is 12.3 Å². The molecule has 4 aromatic rings. The molecule has 8 heteroatoms. The normalized spacial score (nSPS) is 11.0. The minimum Gasteiger partial charge on any atom is -0.467 e. The summed E-state index contributed by atoms with van der Waals surface area (Å²) in [6, 6.07) is 11.2. The van der Waals surface area contributed by atoms with Gasteiger partial charge in [-0.25, -0.2) is 4.98 Å². The quantitative estimate of drug-likeness (QED) is 0.515. The van der Waals surface area contributed by atoms with Crippen LogP contribution in [0.3, 0.4) is 0 Å². The highest BCUT2D eigenvalue weighted by atomic mass is 32.2. The number of para-hydroxylation sites is 1. The number of hydrogen-bond donors (Lipinski definition) is 2. The number of rotatable bonds is 6. The summed E-state index contributed by atoms with van der Waals surface area (Å²) in [6.07, 6.45) is 3.02. The van der Waals surface area contributed by atoms with Gasteiger partial charge in [0.1, 0.15) is 17.7 Å². The molecule has 0 saturated carbocycles. The molecule has 0 aliphatic heterocycles. The van der Waals surface area contributed by atoms with Crippen LogP contribution in [0.4, 0.5) is 0 Å². The molecule has 0 bridgehead atoms. The molecule has 4 rings (SSSR count). The summed E-state index contributed by atoms with van der Waals surface area (Å²) in [5, 5.41) is 11.1. The lowest BCUT2D eigenvalue weighted by molar-refractivity contribution is 0.0921. The summed E-state index contributed by atoms with van der Waals surface area (Å²) in [6.45, 7) is 0.303. The number of nitrogens with zero attached hydrogens (tertiary/aromatic N) is 2. The molecule has 1 amide bonds. The molecule has 2 N–H and O–H groups in total. The van der Waals surface area contributed by atoms with Crippen molar-refractivity contribution in [2.24, 2.45) is 0 Å². The van der Waals surface area contributed by atoms with Gasteiger partial charge in [0.2, 0.25) is 0 Å². The van der Waals surface area contributed by atoms with E-state index in [1.165, 1.54) is 18.1 Å². The van der Waals surface area contributed by atoms with E-state index in [4.69, 9.17) is 8.83 Å². The van der Waals surface area contributed by atoms with Gasteiger partial charge in [-0.3, -0.25) is 9.89 Å². The van der Waals surface area contributed by atoms with Crippen molar-refractivity contribution in [3.63, 3.8) is 0 Å². The zero-order valence-corrected chi connectivity index (χ0v) is 13.9. The van der Waals surface area contributed by atoms with Gasteiger partial charge in [0.15, 0.2) is 10.9 Å². The van der Waals surface area contributed by atoms with Crippen LogP contribution in [0.1, 0.15) is 21.9 Å². The predicted molar refractivity (Wildman–Crippen MR) is 92.0 cm³/mol. The minimum atomic E-state index is -0.277. The Labute approximate surface area is 146 Å². The Hall–Kier alpha value is -3.00. The summed E-state index contributed by atoms with van der Waals surface area (Å²) >= 11 is 1.46. The summed E-state index contributed by atoms with van der Waals surface area (Å²) in [5.41, 5.74) is 1.51. The van der Waals surface area contributed by atoms with Gasteiger partial charge in [-0.15, -0.1) is 0 Å². The molecule has 1 aromatic carbocycles. The number of furan rings is 2. The van der Waals surface area contributed by atoms with Crippen LogP contribution in [0.15, 0.2) is 63.0 Å². The molecular formula is C17H14N4O3S. The molecule has 3 heterocycles. The Morgan fingerprint density at radius 2 is 2.16 bits per heavy atom.